The molecule has 1 atom stereocenters. The van der Waals surface area contributed by atoms with E-state index in [1.54, 1.807) is 45.9 Å². The molecule has 0 radical (unpaired) electrons. The predicted octanol–water partition coefficient (Wildman–Crippen LogP) is 1.86. The molecular weight excluding hydrogens is 300 g/mol. The summed E-state index contributed by atoms with van der Waals surface area (Å²) >= 11 is 0. The normalized spacial score (nSPS) is 14.8. The Bertz CT molecular complexity index is 648. The second-order valence-corrected chi connectivity index (χ2v) is 6.32. The van der Waals surface area contributed by atoms with Gasteiger partial charge in [-0.2, -0.15) is 0 Å². The minimum atomic E-state index is -0.580. The molecule has 0 bridgehead atoms. The zero-order valence-corrected chi connectivity index (χ0v) is 13.6. The van der Waals surface area contributed by atoms with Crippen molar-refractivity contribution in [2.24, 2.45) is 0 Å². The van der Waals surface area contributed by atoms with Crippen molar-refractivity contribution < 1.29 is 23.9 Å². The van der Waals surface area contributed by atoms with E-state index in [4.69, 9.17) is 9.47 Å². The van der Waals surface area contributed by atoms with Gasteiger partial charge in [0.1, 0.15) is 18.0 Å². The molecule has 1 aromatic carbocycles. The van der Waals surface area contributed by atoms with Gasteiger partial charge >= 0.3 is 6.09 Å². The number of imide groups is 1. The molecule has 2 rings (SSSR count). The summed E-state index contributed by atoms with van der Waals surface area (Å²) in [5.41, 5.74) is -0.0640. The molecule has 2 N–H and O–H groups in total. The van der Waals surface area contributed by atoms with Crippen LogP contribution in [-0.4, -0.2) is 36.2 Å². The lowest BCUT2D eigenvalue weighted by Gasteiger charge is -2.22. The lowest BCUT2D eigenvalue weighted by atomic mass is 10.1. The summed E-state index contributed by atoms with van der Waals surface area (Å²) in [6, 6.07) is 4.47. The molecule has 0 fully saturated rings. The number of fused-ring (bicyclic) bond motifs is 1. The summed E-state index contributed by atoms with van der Waals surface area (Å²) in [4.78, 5) is 35.0. The first-order valence-electron chi connectivity index (χ1n) is 7.28. The van der Waals surface area contributed by atoms with Crippen molar-refractivity contribution in [2.45, 2.75) is 39.3 Å². The molecule has 124 valence electrons. The van der Waals surface area contributed by atoms with Crippen LogP contribution < -0.4 is 15.4 Å². The largest absolute Gasteiger partial charge is 0.491 e. The van der Waals surface area contributed by atoms with Gasteiger partial charge in [0.25, 0.3) is 11.8 Å². The summed E-state index contributed by atoms with van der Waals surface area (Å²) in [5, 5.41) is 4.86. The van der Waals surface area contributed by atoms with Crippen molar-refractivity contribution >= 4 is 17.9 Å². The zero-order valence-electron chi connectivity index (χ0n) is 13.6. The van der Waals surface area contributed by atoms with Crippen LogP contribution in [0.5, 0.6) is 5.75 Å². The lowest BCUT2D eigenvalue weighted by molar-refractivity contribution is 0.0493. The van der Waals surface area contributed by atoms with E-state index in [9.17, 15) is 14.4 Å². The van der Waals surface area contributed by atoms with Crippen LogP contribution in [0.1, 0.15) is 48.4 Å². The Balaban J connectivity index is 1.96. The van der Waals surface area contributed by atoms with Crippen LogP contribution >= 0.6 is 0 Å². The molecule has 0 unspecified atom stereocenters. The van der Waals surface area contributed by atoms with E-state index >= 15 is 0 Å². The van der Waals surface area contributed by atoms with Crippen LogP contribution in [0.4, 0.5) is 4.79 Å². The van der Waals surface area contributed by atoms with Gasteiger partial charge in [0.15, 0.2) is 0 Å². The molecule has 1 aromatic rings. The first kappa shape index (κ1) is 16.8. The Labute approximate surface area is 134 Å². The molecule has 0 aromatic heterocycles. The molecule has 23 heavy (non-hydrogen) atoms. The summed E-state index contributed by atoms with van der Waals surface area (Å²) in [6.07, 6.45) is -0.542. The fourth-order valence-corrected chi connectivity index (χ4v) is 2.07. The monoisotopic (exact) mass is 320 g/mol. The fourth-order valence-electron chi connectivity index (χ4n) is 2.07. The molecular formula is C16H20N2O5. The number of alkyl carbamates (subject to hydrolysis) is 1. The Morgan fingerprint density at radius 2 is 1.96 bits per heavy atom. The number of ether oxygens (including phenoxy) is 2. The third kappa shape index (κ3) is 4.21. The molecule has 7 nitrogen and oxygen atoms in total. The number of amides is 3. The van der Waals surface area contributed by atoms with E-state index in [0.29, 0.717) is 11.3 Å². The van der Waals surface area contributed by atoms with Crippen molar-refractivity contribution in [1.29, 1.82) is 0 Å². The second kappa shape index (κ2) is 6.28. The highest BCUT2D eigenvalue weighted by Crippen LogP contribution is 2.26. The number of nitrogens with one attached hydrogen (secondary N) is 2. The van der Waals surface area contributed by atoms with Crippen LogP contribution in [-0.2, 0) is 4.74 Å². The van der Waals surface area contributed by atoms with Gasteiger partial charge < -0.3 is 14.8 Å². The van der Waals surface area contributed by atoms with Crippen LogP contribution in [0.2, 0.25) is 0 Å². The summed E-state index contributed by atoms with van der Waals surface area (Å²) in [7, 11) is 0. The maximum absolute atomic E-state index is 11.8. The predicted molar refractivity (Wildman–Crippen MR) is 82.6 cm³/mol. The molecule has 0 aliphatic carbocycles. The third-order valence-corrected chi connectivity index (χ3v) is 2.98. The first-order valence-corrected chi connectivity index (χ1v) is 7.28. The van der Waals surface area contributed by atoms with Crippen molar-refractivity contribution in [3.63, 3.8) is 0 Å². The maximum atomic E-state index is 11.8. The second-order valence-electron chi connectivity index (χ2n) is 6.32. The Morgan fingerprint density at radius 1 is 1.26 bits per heavy atom. The number of benzene rings is 1. The summed E-state index contributed by atoms with van der Waals surface area (Å²) in [5.74, 6) is -0.604. The van der Waals surface area contributed by atoms with Crippen molar-refractivity contribution in [3.05, 3.63) is 29.3 Å². The van der Waals surface area contributed by atoms with Crippen molar-refractivity contribution in [1.82, 2.24) is 10.6 Å². The van der Waals surface area contributed by atoms with Crippen LogP contribution in [0.15, 0.2) is 18.2 Å². The zero-order chi connectivity index (χ0) is 17.2. The van der Waals surface area contributed by atoms with Gasteiger partial charge in [0.2, 0.25) is 0 Å². The molecule has 0 saturated heterocycles. The van der Waals surface area contributed by atoms with Gasteiger partial charge in [-0.3, -0.25) is 14.9 Å². The van der Waals surface area contributed by atoms with E-state index in [1.165, 1.54) is 0 Å². The number of rotatable bonds is 4. The Kier molecular flexibility index (Phi) is 4.58. The highest BCUT2D eigenvalue weighted by atomic mass is 16.6. The number of hydrogen-bond acceptors (Lipinski definition) is 5. The molecule has 7 heteroatoms. The molecule has 1 aliphatic heterocycles. The number of carbonyl (C=O) groups is 3. The van der Waals surface area contributed by atoms with Gasteiger partial charge in [0, 0.05) is 0 Å². The smallest absolute Gasteiger partial charge is 0.407 e. The molecule has 0 saturated carbocycles. The third-order valence-electron chi connectivity index (χ3n) is 2.98. The molecule has 1 heterocycles. The van der Waals surface area contributed by atoms with Crippen LogP contribution in [0.3, 0.4) is 0 Å². The van der Waals surface area contributed by atoms with Gasteiger partial charge in [0.05, 0.1) is 17.2 Å². The fraction of sp³-hybridized carbons (Fsp3) is 0.438. The summed E-state index contributed by atoms with van der Waals surface area (Å²) < 4.78 is 10.7. The van der Waals surface area contributed by atoms with Gasteiger partial charge in [-0.25, -0.2) is 4.79 Å². The SMILES string of the molecule is C[C@H](COc1cccc2c1C(=O)NC2=O)NC(=O)OC(C)(C)C. The van der Waals surface area contributed by atoms with E-state index in [1.807, 2.05) is 0 Å². The average Bonchev–Trinajstić information content (AvgIpc) is 2.70. The molecule has 3 amide bonds. The Morgan fingerprint density at radius 3 is 2.61 bits per heavy atom. The average molecular weight is 320 g/mol. The van der Waals surface area contributed by atoms with Crippen LogP contribution in [0.25, 0.3) is 0 Å². The standard InChI is InChI=1S/C16H20N2O5/c1-9(17-15(21)23-16(2,3)4)8-22-11-7-5-6-10-12(11)14(20)18-13(10)19/h5-7,9H,8H2,1-4H3,(H,17,21)(H,18,19,20)/t9-/m1/s1. The van der Waals surface area contributed by atoms with E-state index in [2.05, 4.69) is 10.6 Å². The molecule has 0 spiro atoms. The topological polar surface area (TPSA) is 93.7 Å². The van der Waals surface area contributed by atoms with E-state index < -0.39 is 23.5 Å². The van der Waals surface area contributed by atoms with Crippen molar-refractivity contribution in [3.8, 4) is 5.75 Å². The van der Waals surface area contributed by atoms with Crippen molar-refractivity contribution in [2.75, 3.05) is 6.61 Å². The van der Waals surface area contributed by atoms with Gasteiger partial charge in [-0.15, -0.1) is 0 Å². The van der Waals surface area contributed by atoms with E-state index in [-0.39, 0.29) is 18.2 Å². The minimum absolute atomic E-state index is 0.136. The van der Waals surface area contributed by atoms with E-state index in [0.717, 1.165) is 0 Å². The lowest BCUT2D eigenvalue weighted by Crippen LogP contribution is -2.40. The molecule has 1 aliphatic rings. The Hall–Kier alpha value is -2.57. The quantitative estimate of drug-likeness (QED) is 0.826. The van der Waals surface area contributed by atoms with Crippen LogP contribution in [0, 0.1) is 0 Å². The minimum Gasteiger partial charge on any atom is -0.491 e. The number of hydrogen-bond donors (Lipinski definition) is 2. The number of carbonyl (C=O) groups excluding carboxylic acids is 3. The van der Waals surface area contributed by atoms with Gasteiger partial charge in [-0.1, -0.05) is 6.07 Å². The van der Waals surface area contributed by atoms with Gasteiger partial charge in [-0.05, 0) is 39.8 Å². The highest BCUT2D eigenvalue weighted by Gasteiger charge is 2.30. The highest BCUT2D eigenvalue weighted by molar-refractivity contribution is 6.22. The maximum Gasteiger partial charge on any atom is 0.407 e. The first-order chi connectivity index (χ1) is 10.7. The summed E-state index contributed by atoms with van der Waals surface area (Å²) in [6.45, 7) is 7.21.